The van der Waals surface area contributed by atoms with Crippen molar-refractivity contribution >= 4 is 23.5 Å². The number of rotatable bonds is 13. The number of hydrogen-bond donors (Lipinski definition) is 2. The lowest BCUT2D eigenvalue weighted by Gasteiger charge is -2.35. The Morgan fingerprint density at radius 2 is 1.77 bits per heavy atom. The van der Waals surface area contributed by atoms with Crippen molar-refractivity contribution in [2.45, 2.75) is 83.0 Å². The second-order valence-electron chi connectivity index (χ2n) is 11.7. The third-order valence-corrected chi connectivity index (χ3v) is 8.92. The zero-order valence-corrected chi connectivity index (χ0v) is 25.3. The van der Waals surface area contributed by atoms with Crippen LogP contribution in [0.5, 0.6) is 0 Å². The summed E-state index contributed by atoms with van der Waals surface area (Å²) in [5.74, 6) is -0.157. The predicted octanol–water partition coefficient (Wildman–Crippen LogP) is 7.47. The normalized spacial score (nSPS) is 21.0. The molecule has 9 heteroatoms. The molecule has 1 aliphatic heterocycles. The molecular formula is C34H41ClN2O6. The Labute approximate surface area is 258 Å². The molecule has 1 saturated carbocycles. The summed E-state index contributed by atoms with van der Waals surface area (Å²) in [6.45, 7) is 0.935. The van der Waals surface area contributed by atoms with Gasteiger partial charge in [-0.15, -0.1) is 0 Å². The maximum absolute atomic E-state index is 12.9. The van der Waals surface area contributed by atoms with Gasteiger partial charge in [-0.25, -0.2) is 4.98 Å². The van der Waals surface area contributed by atoms with Crippen molar-refractivity contribution < 1.29 is 28.6 Å². The van der Waals surface area contributed by atoms with Crippen molar-refractivity contribution in [3.63, 3.8) is 0 Å². The summed E-state index contributed by atoms with van der Waals surface area (Å²) in [5, 5.41) is 12.7. The number of nitrogens with one attached hydrogen (secondary N) is 1. The van der Waals surface area contributed by atoms with E-state index in [1.165, 1.54) is 44.8 Å². The van der Waals surface area contributed by atoms with E-state index in [2.05, 4.69) is 10.3 Å². The first-order valence-corrected chi connectivity index (χ1v) is 15.9. The second-order valence-corrected chi connectivity index (χ2v) is 12.1. The second kappa shape index (κ2) is 15.5. The summed E-state index contributed by atoms with van der Waals surface area (Å²) in [5.41, 5.74) is 2.90. The minimum Gasteiger partial charge on any atom is -0.481 e. The minimum absolute atomic E-state index is 0.0471. The molecule has 2 fully saturated rings. The molecule has 2 N–H and O–H groups in total. The molecule has 1 saturated heterocycles. The summed E-state index contributed by atoms with van der Waals surface area (Å²) in [6, 6.07) is 15.2. The average Bonchev–Trinajstić information content (AvgIpc) is 3.52. The van der Waals surface area contributed by atoms with Crippen LogP contribution in [0.2, 0.25) is 5.02 Å². The molecular weight excluding hydrogens is 568 g/mol. The van der Waals surface area contributed by atoms with Gasteiger partial charge in [0.15, 0.2) is 12.0 Å². The van der Waals surface area contributed by atoms with Crippen LogP contribution in [0.4, 0.5) is 0 Å². The van der Waals surface area contributed by atoms with Crippen LogP contribution in [-0.2, 0) is 27.1 Å². The number of aromatic nitrogens is 1. The number of benzene rings is 2. The molecule has 230 valence electrons. The molecule has 3 unspecified atom stereocenters. The first-order chi connectivity index (χ1) is 21.0. The van der Waals surface area contributed by atoms with Gasteiger partial charge in [0.05, 0.1) is 6.61 Å². The van der Waals surface area contributed by atoms with E-state index in [-0.39, 0.29) is 23.9 Å². The van der Waals surface area contributed by atoms with Crippen LogP contribution in [0.3, 0.4) is 0 Å². The fourth-order valence-corrected chi connectivity index (χ4v) is 6.44. The molecule has 1 aliphatic carbocycles. The van der Waals surface area contributed by atoms with Crippen molar-refractivity contribution in [1.82, 2.24) is 10.3 Å². The number of halogens is 1. The number of hydrogen-bond acceptors (Lipinski definition) is 6. The Morgan fingerprint density at radius 1 is 1.00 bits per heavy atom. The maximum Gasteiger partial charge on any atom is 0.303 e. The molecule has 43 heavy (non-hydrogen) atoms. The van der Waals surface area contributed by atoms with Gasteiger partial charge in [-0.05, 0) is 42.4 Å². The standard InChI is InChI=1S/C34H41ClN2O6/c35-28-16-7-6-15-27(28)34-42-21-26(20-25-14-5-4-13-24(25)17-18-30(38)39)31(43-34)33-37-29(22-41-33)32(40)36-19-9-8-12-23-10-2-1-3-11-23/h4-7,13-16,22-23,26,31,34H,1-3,8-12,17-21H2,(H,36,40)(H,38,39). The number of aliphatic carboxylic acids is 1. The number of aryl methyl sites for hydroxylation is 1. The van der Waals surface area contributed by atoms with Gasteiger partial charge < -0.3 is 24.3 Å². The smallest absolute Gasteiger partial charge is 0.303 e. The number of carbonyl (C=O) groups is 2. The van der Waals surface area contributed by atoms with E-state index in [4.69, 9.17) is 25.5 Å². The maximum atomic E-state index is 12.9. The highest BCUT2D eigenvalue weighted by molar-refractivity contribution is 6.31. The summed E-state index contributed by atoms with van der Waals surface area (Å²) < 4.78 is 18.4. The molecule has 5 rings (SSSR count). The Bertz CT molecular complexity index is 1350. The van der Waals surface area contributed by atoms with Crippen molar-refractivity contribution in [3.8, 4) is 0 Å². The van der Waals surface area contributed by atoms with E-state index in [0.29, 0.717) is 42.5 Å². The molecule has 8 nitrogen and oxygen atoms in total. The Balaban J connectivity index is 1.26. The monoisotopic (exact) mass is 608 g/mol. The van der Waals surface area contributed by atoms with Crippen molar-refractivity contribution in [1.29, 1.82) is 0 Å². The topological polar surface area (TPSA) is 111 Å². The highest BCUT2D eigenvalue weighted by atomic mass is 35.5. The number of amides is 1. The van der Waals surface area contributed by atoms with Gasteiger partial charge in [-0.3, -0.25) is 9.59 Å². The average molecular weight is 609 g/mol. The number of carboxylic acid groups (broad SMARTS) is 1. The molecule has 0 bridgehead atoms. The van der Waals surface area contributed by atoms with E-state index < -0.39 is 18.4 Å². The van der Waals surface area contributed by atoms with Gasteiger partial charge in [-0.2, -0.15) is 0 Å². The van der Waals surface area contributed by atoms with E-state index in [1.54, 1.807) is 6.07 Å². The van der Waals surface area contributed by atoms with Crippen LogP contribution in [0.15, 0.2) is 59.2 Å². The lowest BCUT2D eigenvalue weighted by atomic mass is 9.86. The zero-order chi connectivity index (χ0) is 30.0. The van der Waals surface area contributed by atoms with Crippen LogP contribution >= 0.6 is 11.6 Å². The molecule has 1 amide bonds. The molecule has 1 aromatic heterocycles. The summed E-state index contributed by atoms with van der Waals surface area (Å²) in [6.07, 6.45) is 11.1. The first kappa shape index (κ1) is 31.2. The van der Waals surface area contributed by atoms with Crippen molar-refractivity contribution in [3.05, 3.63) is 88.1 Å². The van der Waals surface area contributed by atoms with Crippen molar-refractivity contribution in [2.75, 3.05) is 13.2 Å². The van der Waals surface area contributed by atoms with Gasteiger partial charge in [-0.1, -0.05) is 99.0 Å². The predicted molar refractivity (Wildman–Crippen MR) is 163 cm³/mol. The SMILES string of the molecule is O=C(O)CCc1ccccc1CC1COC(c2ccccc2Cl)OC1c1nc(C(=O)NCCCCC2CCCCC2)co1. The fourth-order valence-electron chi connectivity index (χ4n) is 6.21. The third-order valence-electron chi connectivity index (χ3n) is 8.58. The molecule has 0 radical (unpaired) electrons. The van der Waals surface area contributed by atoms with Crippen LogP contribution in [-0.4, -0.2) is 35.1 Å². The van der Waals surface area contributed by atoms with E-state index in [0.717, 1.165) is 29.9 Å². The quantitative estimate of drug-likeness (QED) is 0.194. The number of oxazole rings is 1. The number of nitrogens with zero attached hydrogens (tertiary/aromatic N) is 1. The third kappa shape index (κ3) is 8.68. The van der Waals surface area contributed by atoms with Crippen molar-refractivity contribution in [2.24, 2.45) is 11.8 Å². The number of carbonyl (C=O) groups excluding carboxylic acids is 1. The molecule has 0 spiro atoms. The Kier molecular flexibility index (Phi) is 11.3. The molecule has 2 heterocycles. The van der Waals surface area contributed by atoms with E-state index in [9.17, 15) is 14.7 Å². The van der Waals surface area contributed by atoms with Crippen LogP contribution in [0.25, 0.3) is 0 Å². The lowest BCUT2D eigenvalue weighted by molar-refractivity contribution is -0.249. The van der Waals surface area contributed by atoms with Crippen LogP contribution < -0.4 is 5.32 Å². The fraction of sp³-hybridized carbons (Fsp3) is 0.500. The molecule has 3 aromatic rings. The largest absolute Gasteiger partial charge is 0.481 e. The van der Waals surface area contributed by atoms with Gasteiger partial charge >= 0.3 is 5.97 Å². The van der Waals surface area contributed by atoms with E-state index >= 15 is 0 Å². The summed E-state index contributed by atoms with van der Waals surface area (Å²) >= 11 is 6.46. The number of ether oxygens (including phenoxy) is 2. The van der Waals surface area contributed by atoms with Gasteiger partial charge in [0.1, 0.15) is 12.4 Å². The van der Waals surface area contributed by atoms with Gasteiger partial charge in [0.25, 0.3) is 5.91 Å². The molecule has 2 aromatic carbocycles. The minimum atomic E-state index is -0.839. The lowest BCUT2D eigenvalue weighted by Crippen LogP contribution is -2.32. The zero-order valence-electron chi connectivity index (χ0n) is 24.5. The first-order valence-electron chi connectivity index (χ1n) is 15.5. The molecule has 2 aliphatic rings. The van der Waals surface area contributed by atoms with E-state index in [1.807, 2.05) is 42.5 Å². The highest BCUT2D eigenvalue weighted by Crippen LogP contribution is 2.41. The van der Waals surface area contributed by atoms with Crippen LogP contribution in [0, 0.1) is 11.8 Å². The Hall–Kier alpha value is -3.20. The van der Waals surface area contributed by atoms with Gasteiger partial charge in [0.2, 0.25) is 5.89 Å². The Morgan fingerprint density at radius 3 is 2.56 bits per heavy atom. The van der Waals surface area contributed by atoms with Crippen LogP contribution in [0.1, 0.15) is 103 Å². The molecule has 3 atom stereocenters. The number of unbranched alkanes of at least 4 members (excludes halogenated alkanes) is 1. The summed E-state index contributed by atoms with van der Waals surface area (Å²) in [4.78, 5) is 28.7. The highest BCUT2D eigenvalue weighted by Gasteiger charge is 2.38. The number of carboxylic acids is 1. The van der Waals surface area contributed by atoms with Gasteiger partial charge in [0, 0.05) is 29.5 Å². The summed E-state index contributed by atoms with van der Waals surface area (Å²) in [7, 11) is 0.